The van der Waals surface area contributed by atoms with Crippen molar-refractivity contribution in [3.05, 3.63) is 24.3 Å². The Bertz CT molecular complexity index is 787. The van der Waals surface area contributed by atoms with Crippen LogP contribution in [-0.4, -0.2) is 64.8 Å². The number of rotatable bonds is 54. The smallest absolute Gasteiger partial charge is 0.180 e. The lowest BCUT2D eigenvalue weighted by Crippen LogP contribution is -2.25. The molecule has 0 aromatic heterocycles. The van der Waals surface area contributed by atoms with Crippen LogP contribution in [0.1, 0.15) is 273 Å². The van der Waals surface area contributed by atoms with Gasteiger partial charge in [0.05, 0.1) is 13.2 Å². The number of hydrogen-bond donors (Lipinski definition) is 0. The Kier molecular flexibility index (Phi) is 53.1. The van der Waals surface area contributed by atoms with Gasteiger partial charge in [-0.2, -0.15) is 0 Å². The van der Waals surface area contributed by atoms with Gasteiger partial charge >= 0.3 is 0 Å². The lowest BCUT2D eigenvalue weighted by Gasteiger charge is -2.22. The molecule has 0 spiro atoms. The maximum absolute atomic E-state index is 6.52. The summed E-state index contributed by atoms with van der Waals surface area (Å²) in [4.78, 5) is 0. The number of ether oxygens (including phenoxy) is 7. The Hall–Kier alpha value is -0.800. The van der Waals surface area contributed by atoms with Crippen LogP contribution in [0.3, 0.4) is 0 Å². The molecule has 0 aromatic rings. The molecule has 0 bridgehead atoms. The zero-order chi connectivity index (χ0) is 45.8. The van der Waals surface area contributed by atoms with Gasteiger partial charge in [0.25, 0.3) is 0 Å². The maximum Gasteiger partial charge on any atom is 0.180 e. The number of hydrogen-bond acceptors (Lipinski definition) is 7. The first-order valence-electron chi connectivity index (χ1n) is 27.8. The molecule has 0 aromatic carbocycles. The molecule has 7 heteroatoms. The highest BCUT2D eigenvalue weighted by Gasteiger charge is 2.15. The molecule has 0 aliphatic heterocycles. The van der Waals surface area contributed by atoms with E-state index >= 15 is 0 Å². The van der Waals surface area contributed by atoms with Crippen molar-refractivity contribution < 1.29 is 33.2 Å². The highest BCUT2D eigenvalue weighted by molar-refractivity contribution is 4.90. The first-order chi connectivity index (χ1) is 31.1. The third-order valence-corrected chi connectivity index (χ3v) is 11.8. The SMILES string of the molecule is CCCCCCCCCOC(CCC=CC(OCCCC)OC(C=CCCC(OCCCCCCCCC)OCCCCCCCCC)OCCCC)OCCCCCCCCC. The average molecular weight is 895 g/mol. The topological polar surface area (TPSA) is 64.6 Å². The van der Waals surface area contributed by atoms with Gasteiger partial charge in [-0.1, -0.05) is 221 Å². The molecule has 7 nitrogen and oxygen atoms in total. The van der Waals surface area contributed by atoms with Crippen LogP contribution in [-0.2, 0) is 33.2 Å². The van der Waals surface area contributed by atoms with Crippen molar-refractivity contribution in [3.63, 3.8) is 0 Å². The van der Waals surface area contributed by atoms with E-state index in [1.54, 1.807) is 0 Å². The van der Waals surface area contributed by atoms with Crippen LogP contribution in [0, 0.1) is 0 Å². The van der Waals surface area contributed by atoms with Crippen LogP contribution in [0.4, 0.5) is 0 Å². The van der Waals surface area contributed by atoms with E-state index < -0.39 is 12.6 Å². The Morgan fingerprint density at radius 2 is 0.508 bits per heavy atom. The largest absolute Gasteiger partial charge is 0.353 e. The highest BCUT2D eigenvalue weighted by atomic mass is 16.8. The van der Waals surface area contributed by atoms with Crippen LogP contribution < -0.4 is 0 Å². The van der Waals surface area contributed by atoms with E-state index in [2.05, 4.69) is 65.8 Å². The Morgan fingerprint density at radius 3 is 0.778 bits per heavy atom. The minimum atomic E-state index is -0.489. The standard InChI is InChI=1S/C56H110O7/c1-7-13-19-23-27-31-39-49-57-53(58-50-40-32-28-24-20-14-8-2)43-35-37-45-55(61-47-17-11-5)63-56(62-48-18-12-6)46-38-36-44-54(59-51-41-33-29-25-21-15-9-3)60-52-42-34-30-26-22-16-10-4/h37-38,45-46,53-56H,7-36,39-44,47-52H2,1-6H3. The highest BCUT2D eigenvalue weighted by Crippen LogP contribution is 2.16. The summed E-state index contributed by atoms with van der Waals surface area (Å²) in [5.74, 6) is 0. The Morgan fingerprint density at radius 1 is 0.270 bits per heavy atom. The van der Waals surface area contributed by atoms with Crippen LogP contribution in [0.2, 0.25) is 0 Å². The first kappa shape index (κ1) is 62.2. The zero-order valence-electron chi connectivity index (χ0n) is 43.2. The molecule has 0 fully saturated rings. The molecule has 0 amide bonds. The fourth-order valence-electron chi connectivity index (χ4n) is 7.50. The van der Waals surface area contributed by atoms with E-state index in [1.807, 2.05) is 0 Å². The lowest BCUT2D eigenvalue weighted by molar-refractivity contribution is -0.208. The summed E-state index contributed by atoms with van der Waals surface area (Å²) >= 11 is 0. The Labute approximate surface area is 393 Å². The Balaban J connectivity index is 5.37. The molecule has 0 saturated carbocycles. The van der Waals surface area contributed by atoms with Crippen LogP contribution >= 0.6 is 0 Å². The average Bonchev–Trinajstić information content (AvgIpc) is 3.29. The van der Waals surface area contributed by atoms with Gasteiger partial charge < -0.3 is 33.2 Å². The number of allylic oxidation sites excluding steroid dienone is 2. The molecule has 0 aliphatic rings. The van der Waals surface area contributed by atoms with E-state index in [1.165, 1.54) is 154 Å². The first-order valence-corrected chi connectivity index (χ1v) is 27.8. The molecule has 376 valence electrons. The van der Waals surface area contributed by atoms with E-state index in [0.29, 0.717) is 13.2 Å². The molecule has 0 radical (unpaired) electrons. The molecule has 0 rings (SSSR count). The van der Waals surface area contributed by atoms with Crippen molar-refractivity contribution in [2.24, 2.45) is 0 Å². The lowest BCUT2D eigenvalue weighted by atomic mass is 10.1. The predicted octanol–water partition coefficient (Wildman–Crippen LogP) is 17.7. The van der Waals surface area contributed by atoms with E-state index in [-0.39, 0.29) is 12.6 Å². The fourth-order valence-corrected chi connectivity index (χ4v) is 7.50. The van der Waals surface area contributed by atoms with Crippen molar-refractivity contribution in [3.8, 4) is 0 Å². The van der Waals surface area contributed by atoms with Crippen molar-refractivity contribution in [2.45, 2.75) is 298 Å². The van der Waals surface area contributed by atoms with Gasteiger partial charge in [0.1, 0.15) is 0 Å². The summed E-state index contributed by atoms with van der Waals surface area (Å²) in [6.45, 7) is 17.9. The van der Waals surface area contributed by atoms with E-state index in [4.69, 9.17) is 33.2 Å². The van der Waals surface area contributed by atoms with Gasteiger partial charge in [0, 0.05) is 39.3 Å². The normalized spacial score (nSPS) is 13.2. The summed E-state index contributed by atoms with van der Waals surface area (Å²) in [6, 6.07) is 0. The third-order valence-electron chi connectivity index (χ3n) is 11.8. The fraction of sp³-hybridized carbons (Fsp3) is 0.929. The number of unbranched alkanes of at least 4 members (excludes halogenated alkanes) is 26. The van der Waals surface area contributed by atoms with Crippen molar-refractivity contribution in [1.82, 2.24) is 0 Å². The summed E-state index contributed by atoms with van der Waals surface area (Å²) in [6.07, 6.45) is 50.5. The van der Waals surface area contributed by atoms with Crippen molar-refractivity contribution in [2.75, 3.05) is 39.6 Å². The quantitative estimate of drug-likeness (QED) is 0.0342. The molecule has 0 aliphatic carbocycles. The van der Waals surface area contributed by atoms with Crippen LogP contribution in [0.5, 0.6) is 0 Å². The molecule has 0 saturated heterocycles. The summed E-state index contributed by atoms with van der Waals surface area (Å²) in [5.41, 5.74) is 0. The summed E-state index contributed by atoms with van der Waals surface area (Å²) < 4.78 is 44.4. The van der Waals surface area contributed by atoms with E-state index in [9.17, 15) is 0 Å². The van der Waals surface area contributed by atoms with Crippen molar-refractivity contribution >= 4 is 0 Å². The van der Waals surface area contributed by atoms with Gasteiger partial charge in [0.2, 0.25) is 0 Å². The van der Waals surface area contributed by atoms with Crippen LogP contribution in [0.25, 0.3) is 0 Å². The predicted molar refractivity (Wildman–Crippen MR) is 270 cm³/mol. The van der Waals surface area contributed by atoms with Gasteiger partial charge in [0.15, 0.2) is 25.2 Å². The summed E-state index contributed by atoms with van der Waals surface area (Å²) in [7, 11) is 0. The van der Waals surface area contributed by atoms with Crippen LogP contribution in [0.15, 0.2) is 24.3 Å². The molecule has 0 N–H and O–H groups in total. The zero-order valence-corrected chi connectivity index (χ0v) is 43.2. The maximum atomic E-state index is 6.52. The van der Waals surface area contributed by atoms with Gasteiger partial charge in [-0.15, -0.1) is 0 Å². The second-order valence-corrected chi connectivity index (χ2v) is 18.2. The second-order valence-electron chi connectivity index (χ2n) is 18.2. The monoisotopic (exact) mass is 895 g/mol. The van der Waals surface area contributed by atoms with Gasteiger partial charge in [-0.3, -0.25) is 0 Å². The van der Waals surface area contributed by atoms with Gasteiger partial charge in [-0.25, -0.2) is 0 Å². The molecule has 63 heavy (non-hydrogen) atoms. The molecule has 2 atom stereocenters. The second kappa shape index (κ2) is 53.8. The van der Waals surface area contributed by atoms with Crippen molar-refractivity contribution in [1.29, 1.82) is 0 Å². The molecule has 0 heterocycles. The third kappa shape index (κ3) is 47.5. The molecular formula is C56H110O7. The minimum Gasteiger partial charge on any atom is -0.353 e. The summed E-state index contributed by atoms with van der Waals surface area (Å²) in [5, 5.41) is 0. The minimum absolute atomic E-state index is 0.175. The van der Waals surface area contributed by atoms with Gasteiger partial charge in [-0.05, 0) is 63.5 Å². The molecular weight excluding hydrogens is 785 g/mol. The molecule has 2 unspecified atom stereocenters. The van der Waals surface area contributed by atoms with E-state index in [0.717, 1.165) is 103 Å².